The minimum absolute atomic E-state index is 0. The Morgan fingerprint density at radius 2 is 1.89 bits per heavy atom. The summed E-state index contributed by atoms with van der Waals surface area (Å²) >= 11 is 0. The van der Waals surface area contributed by atoms with Gasteiger partial charge >= 0.3 is 5.97 Å². The fourth-order valence-electron chi connectivity index (χ4n) is 8.56. The number of ketones is 1. The minimum Gasteiger partial charge on any atom is -0.451 e. The second-order valence-electron chi connectivity index (χ2n) is 10.4. The molecule has 6 rings (SSSR count). The van der Waals surface area contributed by atoms with Crippen LogP contribution in [0.4, 0.5) is 0 Å². The Balaban J connectivity index is 0.00000171. The van der Waals surface area contributed by atoms with Crippen molar-refractivity contribution in [1.82, 2.24) is 0 Å². The Labute approximate surface area is 169 Å². The lowest BCUT2D eigenvalue weighted by Gasteiger charge is -2.58. The van der Waals surface area contributed by atoms with E-state index in [0.717, 1.165) is 37.5 Å². The summed E-state index contributed by atoms with van der Waals surface area (Å²) in [6, 6.07) is 0. The lowest BCUT2D eigenvalue weighted by Crippen LogP contribution is -2.54. The average Bonchev–Trinajstić information content (AvgIpc) is 3.22. The number of hydrogen-bond acceptors (Lipinski definition) is 3. The maximum Gasteiger partial charge on any atom is 0.331 e. The van der Waals surface area contributed by atoms with Crippen LogP contribution in [-0.2, 0) is 14.3 Å². The molecule has 152 valence electrons. The lowest BCUT2D eigenvalue weighted by atomic mass is 9.47. The zero-order valence-electron chi connectivity index (χ0n) is 16.3. The first-order valence-electron chi connectivity index (χ1n) is 11.2. The molecule has 0 aromatic carbocycles. The first-order chi connectivity index (χ1) is 13.0. The highest BCUT2D eigenvalue weighted by Crippen LogP contribution is 2.73. The predicted octanol–water partition coefficient (Wildman–Crippen LogP) is 5.40. The van der Waals surface area contributed by atoms with Crippen molar-refractivity contribution in [3.8, 4) is 0 Å². The van der Waals surface area contributed by atoms with Crippen LogP contribution < -0.4 is 0 Å². The van der Waals surface area contributed by atoms with E-state index >= 15 is 0 Å². The standard InChI is InChI=1S/C24H30O3.CH4/c1-2-23-8-5-16-17-4-3-15(25)13-20(17)22(11-12-22)14-18(16)19(23)6-9-24(23)10-7-21(26)27-24;/h7,10,13,16-19H,2-6,8-9,11-12,14H2,1H3;1H4/t16-,17-,18-,19+,23+,24-;/m1./s1. The molecule has 0 bridgehead atoms. The molecule has 0 aromatic heterocycles. The second kappa shape index (κ2) is 5.83. The van der Waals surface area contributed by atoms with Crippen LogP contribution in [0.15, 0.2) is 23.8 Å². The summed E-state index contributed by atoms with van der Waals surface area (Å²) in [4.78, 5) is 24.1. The van der Waals surface area contributed by atoms with Crippen molar-refractivity contribution in [1.29, 1.82) is 0 Å². The van der Waals surface area contributed by atoms with E-state index in [-0.39, 0.29) is 24.4 Å². The highest BCUT2D eigenvalue weighted by atomic mass is 16.6. The summed E-state index contributed by atoms with van der Waals surface area (Å²) in [5.41, 5.74) is 1.71. The molecule has 5 aliphatic carbocycles. The average molecular weight is 383 g/mol. The Kier molecular flexibility index (Phi) is 3.88. The van der Waals surface area contributed by atoms with Gasteiger partial charge in [0.1, 0.15) is 5.60 Å². The van der Waals surface area contributed by atoms with Crippen LogP contribution >= 0.6 is 0 Å². The molecule has 3 heteroatoms. The van der Waals surface area contributed by atoms with Gasteiger partial charge in [-0.25, -0.2) is 4.79 Å². The van der Waals surface area contributed by atoms with Crippen molar-refractivity contribution in [3.63, 3.8) is 0 Å². The number of allylic oxidation sites excluding steroid dienone is 1. The topological polar surface area (TPSA) is 43.4 Å². The third-order valence-electron chi connectivity index (χ3n) is 9.80. The fourth-order valence-corrected chi connectivity index (χ4v) is 8.56. The predicted molar refractivity (Wildman–Crippen MR) is 108 cm³/mol. The van der Waals surface area contributed by atoms with Gasteiger partial charge in [-0.05, 0) is 99.0 Å². The normalized spacial score (nSPS) is 47.1. The maximum absolute atomic E-state index is 12.1. The van der Waals surface area contributed by atoms with Crippen LogP contribution in [0, 0.1) is 34.5 Å². The van der Waals surface area contributed by atoms with Crippen LogP contribution in [0.5, 0.6) is 0 Å². The van der Waals surface area contributed by atoms with Gasteiger partial charge in [0, 0.05) is 17.9 Å². The summed E-state index contributed by atoms with van der Waals surface area (Å²) in [5, 5.41) is 0. The van der Waals surface area contributed by atoms with E-state index in [2.05, 4.69) is 19.1 Å². The Morgan fingerprint density at radius 1 is 1.07 bits per heavy atom. The van der Waals surface area contributed by atoms with E-state index in [1.165, 1.54) is 38.5 Å². The lowest BCUT2D eigenvalue weighted by molar-refractivity contribution is -0.165. The summed E-state index contributed by atoms with van der Waals surface area (Å²) in [5.74, 6) is 3.06. The van der Waals surface area contributed by atoms with Crippen LogP contribution in [0.1, 0.15) is 78.6 Å². The molecule has 0 N–H and O–H groups in total. The van der Waals surface area contributed by atoms with Crippen molar-refractivity contribution < 1.29 is 14.3 Å². The van der Waals surface area contributed by atoms with Crippen molar-refractivity contribution in [2.45, 2.75) is 84.2 Å². The van der Waals surface area contributed by atoms with E-state index in [1.54, 1.807) is 11.6 Å². The van der Waals surface area contributed by atoms with Crippen LogP contribution in [-0.4, -0.2) is 17.4 Å². The molecular formula is C25H34O3. The second-order valence-corrected chi connectivity index (χ2v) is 10.4. The largest absolute Gasteiger partial charge is 0.451 e. The summed E-state index contributed by atoms with van der Waals surface area (Å²) in [6.45, 7) is 2.32. The van der Waals surface area contributed by atoms with Crippen molar-refractivity contribution >= 4 is 11.8 Å². The minimum atomic E-state index is -0.330. The number of esters is 1. The number of ether oxygens (including phenoxy) is 1. The molecule has 0 saturated heterocycles. The monoisotopic (exact) mass is 382 g/mol. The van der Waals surface area contributed by atoms with Crippen LogP contribution in [0.3, 0.4) is 0 Å². The zero-order valence-corrected chi connectivity index (χ0v) is 16.3. The molecule has 2 spiro atoms. The number of rotatable bonds is 1. The van der Waals surface area contributed by atoms with Gasteiger partial charge in [-0.1, -0.05) is 19.9 Å². The zero-order chi connectivity index (χ0) is 18.4. The maximum atomic E-state index is 12.1. The van der Waals surface area contributed by atoms with E-state index < -0.39 is 0 Å². The molecule has 0 unspecified atom stereocenters. The molecule has 1 heterocycles. The van der Waals surface area contributed by atoms with Crippen LogP contribution in [0.25, 0.3) is 0 Å². The molecule has 4 fully saturated rings. The third-order valence-corrected chi connectivity index (χ3v) is 9.80. The molecule has 28 heavy (non-hydrogen) atoms. The van der Waals surface area contributed by atoms with E-state index in [0.29, 0.717) is 23.0 Å². The molecule has 0 aromatic rings. The van der Waals surface area contributed by atoms with Crippen LogP contribution in [0.2, 0.25) is 0 Å². The van der Waals surface area contributed by atoms with Gasteiger partial charge in [-0.2, -0.15) is 0 Å². The first-order valence-corrected chi connectivity index (χ1v) is 11.2. The van der Waals surface area contributed by atoms with Gasteiger partial charge in [-0.3, -0.25) is 4.79 Å². The van der Waals surface area contributed by atoms with E-state index in [4.69, 9.17) is 4.74 Å². The SMILES string of the molecule is C.CC[C@]12CC[C@H]3[C@@H](CC4(CC4)C4=CC(=O)CC[C@@H]43)[C@@H]1CC[C@@]21C=CC(=O)O1. The number of carbonyl (C=O) groups excluding carboxylic acids is 2. The highest BCUT2D eigenvalue weighted by Gasteiger charge is 2.68. The smallest absolute Gasteiger partial charge is 0.331 e. The van der Waals surface area contributed by atoms with Gasteiger partial charge in [0.05, 0.1) is 0 Å². The molecule has 6 aliphatic rings. The summed E-state index contributed by atoms with van der Waals surface area (Å²) in [6.07, 6.45) is 17.3. The highest BCUT2D eigenvalue weighted by molar-refractivity contribution is 5.91. The number of fused-ring (bicyclic) bond motifs is 7. The Bertz CT molecular complexity index is 788. The fraction of sp³-hybridized carbons (Fsp3) is 0.760. The molecule has 0 radical (unpaired) electrons. The number of hydrogen-bond donors (Lipinski definition) is 0. The molecule has 0 amide bonds. The molecule has 4 saturated carbocycles. The number of carbonyl (C=O) groups is 2. The van der Waals surface area contributed by atoms with Gasteiger partial charge in [0.25, 0.3) is 0 Å². The van der Waals surface area contributed by atoms with E-state index in [1.807, 2.05) is 0 Å². The molecule has 3 nitrogen and oxygen atoms in total. The van der Waals surface area contributed by atoms with Gasteiger partial charge in [0.2, 0.25) is 0 Å². The van der Waals surface area contributed by atoms with E-state index in [9.17, 15) is 9.59 Å². The third kappa shape index (κ3) is 2.11. The molecule has 6 atom stereocenters. The van der Waals surface area contributed by atoms with Crippen molar-refractivity contribution in [3.05, 3.63) is 23.8 Å². The summed E-state index contributed by atoms with van der Waals surface area (Å²) < 4.78 is 6.04. The molecular weight excluding hydrogens is 348 g/mol. The Hall–Kier alpha value is -1.38. The summed E-state index contributed by atoms with van der Waals surface area (Å²) in [7, 11) is 0. The van der Waals surface area contributed by atoms with Crippen molar-refractivity contribution in [2.75, 3.05) is 0 Å². The first kappa shape index (κ1) is 18.6. The quantitative estimate of drug-likeness (QED) is 0.571. The van der Waals surface area contributed by atoms with Gasteiger partial charge in [0.15, 0.2) is 5.78 Å². The molecule has 1 aliphatic heterocycles. The van der Waals surface area contributed by atoms with Gasteiger partial charge in [-0.15, -0.1) is 0 Å². The van der Waals surface area contributed by atoms with Crippen molar-refractivity contribution in [2.24, 2.45) is 34.5 Å². The Morgan fingerprint density at radius 3 is 2.57 bits per heavy atom. The van der Waals surface area contributed by atoms with Gasteiger partial charge < -0.3 is 4.74 Å².